The van der Waals surface area contributed by atoms with E-state index < -0.39 is 0 Å². The number of nitrogens with zero attached hydrogens (tertiary/aromatic N) is 3. The Morgan fingerprint density at radius 3 is 2.60 bits per heavy atom. The van der Waals surface area contributed by atoms with Gasteiger partial charge >= 0.3 is 0 Å². The maximum absolute atomic E-state index is 12.1. The molecule has 1 aromatic heterocycles. The van der Waals surface area contributed by atoms with Gasteiger partial charge in [-0.1, -0.05) is 26.2 Å². The zero-order chi connectivity index (χ0) is 14.4. The van der Waals surface area contributed by atoms with Gasteiger partial charge in [-0.05, 0) is 19.3 Å². The van der Waals surface area contributed by atoms with Crippen LogP contribution in [0.25, 0.3) is 0 Å². The Morgan fingerprint density at radius 2 is 2.00 bits per heavy atom. The fourth-order valence-corrected chi connectivity index (χ4v) is 2.48. The van der Waals surface area contributed by atoms with Gasteiger partial charge in [0.15, 0.2) is 0 Å². The number of rotatable bonds is 6. The number of hydrogen-bond donors (Lipinski definition) is 1. The van der Waals surface area contributed by atoms with Crippen LogP contribution in [0, 0.1) is 0 Å². The van der Waals surface area contributed by atoms with Crippen LogP contribution < -0.4 is 5.32 Å². The minimum atomic E-state index is -0.00846. The summed E-state index contributed by atoms with van der Waals surface area (Å²) in [6.45, 7) is 2.89. The smallest absolute Gasteiger partial charge is 0.256 e. The van der Waals surface area contributed by atoms with Crippen molar-refractivity contribution >= 4 is 11.9 Å². The molecule has 5 heteroatoms. The molecule has 1 fully saturated rings. The molecule has 0 bridgehead atoms. The second kappa shape index (κ2) is 7.22. The molecule has 0 saturated heterocycles. The predicted octanol–water partition coefficient (Wildman–Crippen LogP) is 2.70. The van der Waals surface area contributed by atoms with E-state index in [1.807, 2.05) is 7.05 Å². The van der Waals surface area contributed by atoms with Crippen molar-refractivity contribution in [2.45, 2.75) is 51.5 Å². The van der Waals surface area contributed by atoms with Crippen LogP contribution >= 0.6 is 0 Å². The Hall–Kier alpha value is -1.65. The molecule has 1 amide bonds. The summed E-state index contributed by atoms with van der Waals surface area (Å²) >= 11 is 0. The molecular formula is C15H24N4O. The van der Waals surface area contributed by atoms with Crippen LogP contribution in [0.4, 0.5) is 5.95 Å². The Labute approximate surface area is 120 Å². The molecule has 0 unspecified atom stereocenters. The van der Waals surface area contributed by atoms with Gasteiger partial charge in [-0.3, -0.25) is 4.79 Å². The predicted molar refractivity (Wildman–Crippen MR) is 79.8 cm³/mol. The molecule has 0 radical (unpaired) electrons. The number of unbranched alkanes of at least 4 members (excludes halogenated alkanes) is 1. The number of hydrogen-bond acceptors (Lipinski definition) is 4. The molecule has 1 aliphatic carbocycles. The average molecular weight is 276 g/mol. The highest BCUT2D eigenvalue weighted by Gasteiger charge is 2.16. The first-order valence-corrected chi connectivity index (χ1v) is 7.54. The van der Waals surface area contributed by atoms with Gasteiger partial charge < -0.3 is 10.2 Å². The van der Waals surface area contributed by atoms with Gasteiger partial charge in [0.05, 0.1) is 5.56 Å². The van der Waals surface area contributed by atoms with E-state index in [2.05, 4.69) is 22.2 Å². The molecule has 20 heavy (non-hydrogen) atoms. The Morgan fingerprint density at radius 1 is 1.35 bits per heavy atom. The number of anilines is 1. The van der Waals surface area contributed by atoms with Crippen molar-refractivity contribution in [2.24, 2.45) is 0 Å². The standard InChI is InChI=1S/C15H24N4O/c1-3-4-9-19(2)14(20)12-10-16-15(17-11-12)18-13-7-5-6-8-13/h10-11,13H,3-9H2,1-2H3,(H,16,17,18). The monoisotopic (exact) mass is 276 g/mol. The fraction of sp³-hybridized carbons (Fsp3) is 0.667. The summed E-state index contributed by atoms with van der Waals surface area (Å²) in [5.41, 5.74) is 0.556. The van der Waals surface area contributed by atoms with Gasteiger partial charge in [-0.15, -0.1) is 0 Å². The highest BCUT2D eigenvalue weighted by molar-refractivity contribution is 5.93. The summed E-state index contributed by atoms with van der Waals surface area (Å²) < 4.78 is 0. The highest BCUT2D eigenvalue weighted by Crippen LogP contribution is 2.20. The van der Waals surface area contributed by atoms with Crippen molar-refractivity contribution < 1.29 is 4.79 Å². The van der Waals surface area contributed by atoms with Crippen LogP contribution in [-0.2, 0) is 0 Å². The molecule has 1 heterocycles. The van der Waals surface area contributed by atoms with Crippen LogP contribution in [0.3, 0.4) is 0 Å². The van der Waals surface area contributed by atoms with Crippen molar-refractivity contribution in [3.8, 4) is 0 Å². The molecule has 0 spiro atoms. The van der Waals surface area contributed by atoms with Crippen molar-refractivity contribution in [1.82, 2.24) is 14.9 Å². The summed E-state index contributed by atoms with van der Waals surface area (Å²) in [6.07, 6.45) is 10.3. The maximum atomic E-state index is 12.1. The fourth-order valence-electron chi connectivity index (χ4n) is 2.48. The first-order chi connectivity index (χ1) is 9.70. The average Bonchev–Trinajstić information content (AvgIpc) is 2.97. The van der Waals surface area contributed by atoms with Crippen LogP contribution in [0.1, 0.15) is 55.8 Å². The minimum Gasteiger partial charge on any atom is -0.351 e. The number of nitrogens with one attached hydrogen (secondary N) is 1. The molecular weight excluding hydrogens is 252 g/mol. The lowest BCUT2D eigenvalue weighted by Crippen LogP contribution is -2.28. The van der Waals surface area contributed by atoms with Crippen molar-refractivity contribution in [1.29, 1.82) is 0 Å². The zero-order valence-corrected chi connectivity index (χ0v) is 12.4. The summed E-state index contributed by atoms with van der Waals surface area (Å²) in [5.74, 6) is 0.621. The molecule has 0 aliphatic heterocycles. The molecule has 5 nitrogen and oxygen atoms in total. The van der Waals surface area contributed by atoms with Crippen molar-refractivity contribution in [2.75, 3.05) is 18.9 Å². The number of carbonyl (C=O) groups excluding carboxylic acids is 1. The van der Waals surface area contributed by atoms with Crippen LogP contribution in [0.5, 0.6) is 0 Å². The maximum Gasteiger partial charge on any atom is 0.256 e. The molecule has 1 aliphatic rings. The quantitative estimate of drug-likeness (QED) is 0.868. The molecule has 0 atom stereocenters. The highest BCUT2D eigenvalue weighted by atomic mass is 16.2. The first-order valence-electron chi connectivity index (χ1n) is 7.54. The third kappa shape index (κ3) is 3.92. The van der Waals surface area contributed by atoms with Crippen molar-refractivity contribution in [3.63, 3.8) is 0 Å². The number of aromatic nitrogens is 2. The molecule has 1 aromatic rings. The Bertz CT molecular complexity index is 426. The van der Waals surface area contributed by atoms with Crippen molar-refractivity contribution in [3.05, 3.63) is 18.0 Å². The second-order valence-corrected chi connectivity index (χ2v) is 5.50. The normalized spacial score (nSPS) is 15.3. The topological polar surface area (TPSA) is 58.1 Å². The van der Waals surface area contributed by atoms with E-state index in [1.165, 1.54) is 25.7 Å². The number of carbonyl (C=O) groups is 1. The van der Waals surface area contributed by atoms with Gasteiger partial charge in [0.2, 0.25) is 5.95 Å². The number of amides is 1. The molecule has 0 aromatic carbocycles. The molecule has 1 saturated carbocycles. The lowest BCUT2D eigenvalue weighted by Gasteiger charge is -2.16. The van der Waals surface area contributed by atoms with Gasteiger partial charge in [0.1, 0.15) is 0 Å². The third-order valence-corrected chi connectivity index (χ3v) is 3.78. The van der Waals surface area contributed by atoms with E-state index in [-0.39, 0.29) is 5.91 Å². The van der Waals surface area contributed by atoms with E-state index in [9.17, 15) is 4.79 Å². The van der Waals surface area contributed by atoms with E-state index in [1.54, 1.807) is 17.3 Å². The van der Waals surface area contributed by atoms with Gasteiger partial charge in [-0.25, -0.2) is 9.97 Å². The van der Waals surface area contributed by atoms with Crippen LogP contribution in [-0.4, -0.2) is 40.4 Å². The SMILES string of the molecule is CCCCN(C)C(=O)c1cnc(NC2CCCC2)nc1. The van der Waals surface area contributed by atoms with E-state index in [0.717, 1.165) is 19.4 Å². The zero-order valence-electron chi connectivity index (χ0n) is 12.4. The summed E-state index contributed by atoms with van der Waals surface area (Å²) in [6, 6.07) is 0.490. The first kappa shape index (κ1) is 14.8. The lowest BCUT2D eigenvalue weighted by atomic mass is 10.2. The molecule has 110 valence electrons. The second-order valence-electron chi connectivity index (χ2n) is 5.50. The van der Waals surface area contributed by atoms with E-state index in [4.69, 9.17) is 0 Å². The van der Waals surface area contributed by atoms with E-state index in [0.29, 0.717) is 17.6 Å². The lowest BCUT2D eigenvalue weighted by molar-refractivity contribution is 0.0792. The summed E-state index contributed by atoms with van der Waals surface area (Å²) in [5, 5.41) is 3.32. The van der Waals surface area contributed by atoms with Gasteiger partial charge in [0, 0.05) is 32.0 Å². The Kier molecular flexibility index (Phi) is 5.32. The molecule has 1 N–H and O–H groups in total. The third-order valence-electron chi connectivity index (χ3n) is 3.78. The summed E-state index contributed by atoms with van der Waals surface area (Å²) in [7, 11) is 1.82. The van der Waals surface area contributed by atoms with Gasteiger partial charge in [-0.2, -0.15) is 0 Å². The van der Waals surface area contributed by atoms with Crippen LogP contribution in [0.2, 0.25) is 0 Å². The largest absolute Gasteiger partial charge is 0.351 e. The minimum absolute atomic E-state index is 0.00846. The Balaban J connectivity index is 1.91. The van der Waals surface area contributed by atoms with E-state index >= 15 is 0 Å². The van der Waals surface area contributed by atoms with Crippen LogP contribution in [0.15, 0.2) is 12.4 Å². The summed E-state index contributed by atoms with van der Waals surface area (Å²) in [4.78, 5) is 22.4. The molecule has 2 rings (SSSR count). The van der Waals surface area contributed by atoms with Gasteiger partial charge in [0.25, 0.3) is 5.91 Å².